The molecular weight excluding hydrogens is 253 g/mol. The molecule has 0 aromatic carbocycles. The van der Waals surface area contributed by atoms with Gasteiger partial charge in [0.05, 0.1) is 18.5 Å². The van der Waals surface area contributed by atoms with Crippen LogP contribution < -0.4 is 5.32 Å². The molecule has 0 amide bonds. The van der Waals surface area contributed by atoms with E-state index in [0.717, 1.165) is 0 Å². The maximum Gasteiger partial charge on any atom is 0.411 e. The summed E-state index contributed by atoms with van der Waals surface area (Å²) in [5.41, 5.74) is 0.407. The summed E-state index contributed by atoms with van der Waals surface area (Å²) < 4.78 is 39.5. The van der Waals surface area contributed by atoms with Crippen LogP contribution in [-0.4, -0.2) is 42.0 Å². The molecule has 0 aliphatic rings. The molecule has 0 atom stereocenters. The van der Waals surface area contributed by atoms with E-state index >= 15 is 0 Å². The zero-order chi connectivity index (χ0) is 13.6. The fourth-order valence-corrected chi connectivity index (χ4v) is 1.08. The first-order valence-corrected chi connectivity index (χ1v) is 4.96. The molecule has 5 nitrogen and oxygen atoms in total. The van der Waals surface area contributed by atoms with Gasteiger partial charge in [-0.25, -0.2) is 9.78 Å². The Morgan fingerprint density at radius 2 is 2.17 bits per heavy atom. The number of carboxylic acids is 1. The minimum atomic E-state index is -4.33. The van der Waals surface area contributed by atoms with E-state index in [2.05, 4.69) is 15.0 Å². The Bertz CT molecular complexity index is 392. The number of aromatic carboxylic acids is 1. The largest absolute Gasteiger partial charge is 0.477 e. The predicted molar refractivity (Wildman–Crippen MR) is 56.6 cm³/mol. The van der Waals surface area contributed by atoms with Crippen molar-refractivity contribution in [3.63, 3.8) is 0 Å². The number of carbonyl (C=O) groups is 1. The first-order chi connectivity index (χ1) is 8.38. The Balaban J connectivity index is 2.25. The van der Waals surface area contributed by atoms with E-state index in [0.29, 0.717) is 5.69 Å². The van der Waals surface area contributed by atoms with Crippen LogP contribution in [0.2, 0.25) is 0 Å². The van der Waals surface area contributed by atoms with Gasteiger partial charge in [0.1, 0.15) is 12.3 Å². The molecule has 0 bridgehead atoms. The van der Waals surface area contributed by atoms with E-state index in [1.807, 2.05) is 0 Å². The molecule has 0 radical (unpaired) electrons. The Kier molecular flexibility index (Phi) is 4.90. The smallest absolute Gasteiger partial charge is 0.411 e. The molecule has 0 fully saturated rings. The Hall–Kier alpha value is -1.83. The molecule has 0 spiro atoms. The quantitative estimate of drug-likeness (QED) is 0.766. The van der Waals surface area contributed by atoms with E-state index in [4.69, 9.17) is 5.11 Å². The van der Waals surface area contributed by atoms with Crippen LogP contribution >= 0.6 is 0 Å². The summed E-state index contributed by atoms with van der Waals surface area (Å²) in [5.74, 6) is -1.14. The second kappa shape index (κ2) is 6.20. The van der Waals surface area contributed by atoms with Crippen molar-refractivity contribution in [2.75, 3.05) is 25.1 Å². The highest BCUT2D eigenvalue weighted by molar-refractivity contribution is 5.85. The molecule has 1 aromatic heterocycles. The van der Waals surface area contributed by atoms with Crippen molar-refractivity contribution >= 4 is 11.7 Å². The van der Waals surface area contributed by atoms with Gasteiger partial charge in [0.2, 0.25) is 0 Å². The predicted octanol–water partition coefficient (Wildman–Crippen LogP) is 1.77. The number of rotatable bonds is 6. The number of nitrogens with zero attached hydrogens (tertiary/aromatic N) is 1. The molecule has 1 heterocycles. The van der Waals surface area contributed by atoms with E-state index in [1.54, 1.807) is 0 Å². The molecule has 8 heteroatoms. The Morgan fingerprint density at radius 1 is 1.44 bits per heavy atom. The van der Waals surface area contributed by atoms with Crippen molar-refractivity contribution in [3.8, 4) is 0 Å². The van der Waals surface area contributed by atoms with Crippen LogP contribution in [0.3, 0.4) is 0 Å². The van der Waals surface area contributed by atoms with Crippen molar-refractivity contribution in [2.24, 2.45) is 0 Å². The molecule has 0 aliphatic carbocycles. The number of anilines is 1. The molecule has 0 saturated carbocycles. The highest BCUT2D eigenvalue weighted by Gasteiger charge is 2.27. The lowest BCUT2D eigenvalue weighted by Gasteiger charge is -2.09. The first kappa shape index (κ1) is 14.2. The fraction of sp³-hybridized carbons (Fsp3) is 0.400. The number of pyridine rings is 1. The molecule has 1 aromatic rings. The monoisotopic (exact) mass is 264 g/mol. The van der Waals surface area contributed by atoms with E-state index in [9.17, 15) is 18.0 Å². The van der Waals surface area contributed by atoms with Gasteiger partial charge in [-0.3, -0.25) is 0 Å². The third-order valence-corrected chi connectivity index (χ3v) is 1.82. The standard InChI is InChI=1S/C10H11F3N2O3/c11-10(12,13)6-18-4-3-14-7-1-2-8(9(16)17)15-5-7/h1-2,5,14H,3-4,6H2,(H,16,17). The number of nitrogens with one attached hydrogen (secondary N) is 1. The van der Waals surface area contributed by atoms with Gasteiger partial charge in [0.25, 0.3) is 0 Å². The van der Waals surface area contributed by atoms with Gasteiger partial charge in [-0.05, 0) is 12.1 Å². The topological polar surface area (TPSA) is 71.5 Å². The van der Waals surface area contributed by atoms with Gasteiger partial charge in [0, 0.05) is 6.54 Å². The lowest BCUT2D eigenvalue weighted by atomic mass is 10.3. The number of hydrogen-bond acceptors (Lipinski definition) is 4. The van der Waals surface area contributed by atoms with Crippen molar-refractivity contribution < 1.29 is 27.8 Å². The van der Waals surface area contributed by atoms with Gasteiger partial charge in [-0.15, -0.1) is 0 Å². The second-order valence-electron chi connectivity index (χ2n) is 3.33. The van der Waals surface area contributed by atoms with Crippen molar-refractivity contribution in [3.05, 3.63) is 24.0 Å². The average Bonchev–Trinajstić information content (AvgIpc) is 2.27. The summed E-state index contributed by atoms with van der Waals surface area (Å²) in [4.78, 5) is 14.1. The number of ether oxygens (including phenoxy) is 1. The summed E-state index contributed by atoms with van der Waals surface area (Å²) in [6, 6.07) is 2.77. The number of carboxylic acid groups (broad SMARTS) is 1. The second-order valence-corrected chi connectivity index (χ2v) is 3.33. The Morgan fingerprint density at radius 3 is 2.67 bits per heavy atom. The molecule has 2 N–H and O–H groups in total. The normalized spacial score (nSPS) is 11.3. The molecule has 18 heavy (non-hydrogen) atoms. The number of halogens is 3. The fourth-order valence-electron chi connectivity index (χ4n) is 1.08. The summed E-state index contributed by atoms with van der Waals surface area (Å²) in [6.45, 7) is -1.23. The van der Waals surface area contributed by atoms with E-state index in [1.165, 1.54) is 18.3 Å². The minimum Gasteiger partial charge on any atom is -0.477 e. The SMILES string of the molecule is O=C(O)c1ccc(NCCOCC(F)(F)F)cn1. The van der Waals surface area contributed by atoms with Gasteiger partial charge in [-0.2, -0.15) is 13.2 Å². The lowest BCUT2D eigenvalue weighted by molar-refractivity contribution is -0.172. The summed E-state index contributed by atoms with van der Waals surface area (Å²) in [6.07, 6.45) is -3.04. The van der Waals surface area contributed by atoms with Crippen LogP contribution in [0.5, 0.6) is 0 Å². The van der Waals surface area contributed by atoms with Gasteiger partial charge < -0.3 is 15.2 Å². The zero-order valence-electron chi connectivity index (χ0n) is 9.20. The molecular formula is C10H11F3N2O3. The zero-order valence-corrected chi connectivity index (χ0v) is 9.20. The van der Waals surface area contributed by atoms with Gasteiger partial charge in [0.15, 0.2) is 0 Å². The molecule has 0 aliphatic heterocycles. The average molecular weight is 264 g/mol. The maximum atomic E-state index is 11.7. The number of aromatic nitrogens is 1. The molecule has 0 saturated heterocycles. The van der Waals surface area contributed by atoms with Crippen LogP contribution in [0.4, 0.5) is 18.9 Å². The summed E-state index contributed by atoms with van der Waals surface area (Å²) in [5, 5.41) is 11.3. The van der Waals surface area contributed by atoms with Gasteiger partial charge >= 0.3 is 12.1 Å². The van der Waals surface area contributed by atoms with E-state index in [-0.39, 0.29) is 18.8 Å². The highest BCUT2D eigenvalue weighted by Crippen LogP contribution is 2.14. The van der Waals surface area contributed by atoms with Crippen LogP contribution in [0.15, 0.2) is 18.3 Å². The number of hydrogen-bond donors (Lipinski definition) is 2. The minimum absolute atomic E-state index is 0.103. The van der Waals surface area contributed by atoms with Crippen LogP contribution in [0, 0.1) is 0 Å². The first-order valence-electron chi connectivity index (χ1n) is 4.96. The van der Waals surface area contributed by atoms with Crippen molar-refractivity contribution in [1.29, 1.82) is 0 Å². The number of alkyl halides is 3. The molecule has 1 rings (SSSR count). The van der Waals surface area contributed by atoms with E-state index < -0.39 is 18.8 Å². The van der Waals surface area contributed by atoms with Crippen molar-refractivity contribution in [2.45, 2.75) is 6.18 Å². The summed E-state index contributed by atoms with van der Waals surface area (Å²) >= 11 is 0. The maximum absolute atomic E-state index is 11.7. The molecule has 100 valence electrons. The van der Waals surface area contributed by atoms with Crippen LogP contribution in [0.1, 0.15) is 10.5 Å². The van der Waals surface area contributed by atoms with Crippen LogP contribution in [0.25, 0.3) is 0 Å². The third-order valence-electron chi connectivity index (χ3n) is 1.82. The lowest BCUT2D eigenvalue weighted by Crippen LogP contribution is -2.20. The third kappa shape index (κ3) is 5.48. The van der Waals surface area contributed by atoms with Gasteiger partial charge in [-0.1, -0.05) is 0 Å². The molecule has 0 unspecified atom stereocenters. The highest BCUT2D eigenvalue weighted by atomic mass is 19.4. The van der Waals surface area contributed by atoms with Crippen LogP contribution in [-0.2, 0) is 4.74 Å². The van der Waals surface area contributed by atoms with Crippen molar-refractivity contribution in [1.82, 2.24) is 4.98 Å². The summed E-state index contributed by atoms with van der Waals surface area (Å²) in [7, 11) is 0. The Labute approximate surface area is 101 Å².